The Balaban J connectivity index is 1.76. The summed E-state index contributed by atoms with van der Waals surface area (Å²) in [7, 11) is 1.55. The molecule has 3 amide bonds. The number of hydrogen-bond donors (Lipinski definition) is 1. The van der Waals surface area contributed by atoms with Crippen molar-refractivity contribution < 1.29 is 18.7 Å². The molecule has 0 spiro atoms. The normalized spacial score (nSPS) is 10.7. The van der Waals surface area contributed by atoms with E-state index in [9.17, 15) is 9.59 Å². The molecule has 1 aromatic heterocycles. The third-order valence-corrected chi connectivity index (χ3v) is 5.04. The smallest absolute Gasteiger partial charge is 0.322 e. The molecular formula is C26H31N3O4. The van der Waals surface area contributed by atoms with Crippen LogP contribution in [0.1, 0.15) is 25.2 Å². The lowest BCUT2D eigenvalue weighted by Gasteiger charge is -2.28. The lowest BCUT2D eigenvalue weighted by Crippen LogP contribution is -2.45. The molecule has 0 aliphatic heterocycles. The van der Waals surface area contributed by atoms with Gasteiger partial charge in [-0.1, -0.05) is 56.3 Å². The number of ether oxygens (including phenoxy) is 1. The fourth-order valence-corrected chi connectivity index (χ4v) is 3.49. The summed E-state index contributed by atoms with van der Waals surface area (Å²) in [6, 6.07) is 20.3. The second-order valence-electron chi connectivity index (χ2n) is 8.22. The van der Waals surface area contributed by atoms with Gasteiger partial charge in [-0.05, 0) is 35.7 Å². The zero-order valence-electron chi connectivity index (χ0n) is 19.4. The molecule has 0 saturated heterocycles. The Labute approximate surface area is 194 Å². The Morgan fingerprint density at radius 2 is 1.67 bits per heavy atom. The van der Waals surface area contributed by atoms with Crippen molar-refractivity contribution in [2.75, 3.05) is 25.5 Å². The van der Waals surface area contributed by atoms with E-state index in [1.807, 2.05) is 62.4 Å². The zero-order valence-corrected chi connectivity index (χ0v) is 19.4. The quantitative estimate of drug-likeness (QED) is 0.472. The van der Waals surface area contributed by atoms with E-state index in [0.29, 0.717) is 36.8 Å². The molecule has 0 atom stereocenters. The fraction of sp³-hybridized carbons (Fsp3) is 0.308. The minimum atomic E-state index is -0.348. The molecule has 174 valence electrons. The molecule has 0 aliphatic carbocycles. The van der Waals surface area contributed by atoms with Gasteiger partial charge >= 0.3 is 6.03 Å². The number of benzene rings is 2. The van der Waals surface area contributed by atoms with Gasteiger partial charge in [-0.2, -0.15) is 0 Å². The number of anilines is 1. The van der Waals surface area contributed by atoms with Gasteiger partial charge < -0.3 is 24.3 Å². The lowest BCUT2D eigenvalue weighted by atomic mass is 10.2. The largest absolute Gasteiger partial charge is 0.495 e. The molecule has 0 radical (unpaired) electrons. The number of rotatable bonds is 10. The highest BCUT2D eigenvalue weighted by molar-refractivity contribution is 5.93. The van der Waals surface area contributed by atoms with E-state index in [0.717, 1.165) is 5.56 Å². The van der Waals surface area contributed by atoms with Gasteiger partial charge in [-0.25, -0.2) is 4.79 Å². The van der Waals surface area contributed by atoms with Crippen molar-refractivity contribution in [3.63, 3.8) is 0 Å². The minimum absolute atomic E-state index is 0.0489. The van der Waals surface area contributed by atoms with Crippen LogP contribution >= 0.6 is 0 Å². The standard InChI is InChI=1S/C26H31N3O4/c1-20(2)16-29(26(31)27-23-13-7-8-14-24(23)32-3)19-25(30)28(18-22-12-9-15-33-22)17-21-10-5-4-6-11-21/h4-15,20H,16-19H2,1-3H3,(H,27,31). The topological polar surface area (TPSA) is 75.0 Å². The van der Waals surface area contributed by atoms with Gasteiger partial charge in [-0.15, -0.1) is 0 Å². The molecule has 1 N–H and O–H groups in total. The Morgan fingerprint density at radius 1 is 0.939 bits per heavy atom. The summed E-state index contributed by atoms with van der Waals surface area (Å²) in [5.74, 6) is 1.28. The number of hydrogen-bond acceptors (Lipinski definition) is 4. The molecule has 3 aromatic rings. The molecule has 3 rings (SSSR count). The van der Waals surface area contributed by atoms with Crippen molar-refractivity contribution in [3.8, 4) is 5.75 Å². The van der Waals surface area contributed by atoms with Crippen LogP contribution in [0, 0.1) is 5.92 Å². The number of carbonyl (C=O) groups is 2. The summed E-state index contributed by atoms with van der Waals surface area (Å²) < 4.78 is 10.8. The van der Waals surface area contributed by atoms with E-state index in [-0.39, 0.29) is 24.4 Å². The molecule has 1 heterocycles. The first-order chi connectivity index (χ1) is 16.0. The van der Waals surface area contributed by atoms with Crippen molar-refractivity contribution in [2.45, 2.75) is 26.9 Å². The first kappa shape index (κ1) is 23.9. The molecule has 7 heteroatoms. The minimum Gasteiger partial charge on any atom is -0.495 e. The van der Waals surface area contributed by atoms with Crippen LogP contribution in [-0.2, 0) is 17.9 Å². The monoisotopic (exact) mass is 449 g/mol. The maximum absolute atomic E-state index is 13.4. The summed E-state index contributed by atoms with van der Waals surface area (Å²) in [5, 5.41) is 2.88. The van der Waals surface area contributed by atoms with Crippen LogP contribution in [0.4, 0.5) is 10.5 Å². The number of nitrogens with zero attached hydrogens (tertiary/aromatic N) is 2. The SMILES string of the molecule is COc1ccccc1NC(=O)N(CC(=O)N(Cc1ccccc1)Cc1ccco1)CC(C)C. The number of methoxy groups -OCH3 is 1. The van der Waals surface area contributed by atoms with Gasteiger partial charge in [0, 0.05) is 13.1 Å². The Bertz CT molecular complexity index is 1020. The predicted octanol–water partition coefficient (Wildman–Crippen LogP) is 5.01. The van der Waals surface area contributed by atoms with Crippen molar-refractivity contribution in [3.05, 3.63) is 84.3 Å². The Morgan fingerprint density at radius 3 is 2.33 bits per heavy atom. The number of urea groups is 1. The molecule has 0 bridgehead atoms. The lowest BCUT2D eigenvalue weighted by molar-refractivity contribution is -0.133. The van der Waals surface area contributed by atoms with Gasteiger partial charge in [0.25, 0.3) is 0 Å². The summed E-state index contributed by atoms with van der Waals surface area (Å²) >= 11 is 0. The predicted molar refractivity (Wildman–Crippen MR) is 128 cm³/mol. The van der Waals surface area contributed by atoms with E-state index in [1.165, 1.54) is 0 Å². The summed E-state index contributed by atoms with van der Waals surface area (Å²) in [6.45, 7) is 5.16. The Kier molecular flexibility index (Phi) is 8.52. The summed E-state index contributed by atoms with van der Waals surface area (Å²) in [4.78, 5) is 29.8. The summed E-state index contributed by atoms with van der Waals surface area (Å²) in [5.41, 5.74) is 1.56. The molecule has 0 saturated carbocycles. The van der Waals surface area contributed by atoms with Crippen molar-refractivity contribution >= 4 is 17.6 Å². The van der Waals surface area contributed by atoms with Crippen molar-refractivity contribution in [1.29, 1.82) is 0 Å². The number of amides is 3. The average molecular weight is 450 g/mol. The van der Waals surface area contributed by atoms with Gasteiger partial charge in [0.15, 0.2) is 0 Å². The van der Waals surface area contributed by atoms with E-state index < -0.39 is 0 Å². The van der Waals surface area contributed by atoms with Gasteiger partial charge in [0.2, 0.25) is 5.91 Å². The second kappa shape index (κ2) is 11.8. The van der Waals surface area contributed by atoms with Gasteiger partial charge in [0.05, 0.1) is 25.6 Å². The van der Waals surface area contributed by atoms with Crippen LogP contribution < -0.4 is 10.1 Å². The Hall–Kier alpha value is -3.74. The first-order valence-corrected chi connectivity index (χ1v) is 11.0. The second-order valence-corrected chi connectivity index (χ2v) is 8.22. The first-order valence-electron chi connectivity index (χ1n) is 11.0. The molecule has 33 heavy (non-hydrogen) atoms. The van der Waals surface area contributed by atoms with Crippen molar-refractivity contribution in [1.82, 2.24) is 9.80 Å². The number of para-hydroxylation sites is 2. The third kappa shape index (κ3) is 7.14. The highest BCUT2D eigenvalue weighted by Gasteiger charge is 2.24. The summed E-state index contributed by atoms with van der Waals surface area (Å²) in [6.07, 6.45) is 1.59. The number of nitrogens with one attached hydrogen (secondary N) is 1. The molecular weight excluding hydrogens is 418 g/mol. The molecule has 7 nitrogen and oxygen atoms in total. The van der Waals surface area contributed by atoms with Crippen LogP contribution in [0.3, 0.4) is 0 Å². The fourth-order valence-electron chi connectivity index (χ4n) is 3.49. The number of carbonyl (C=O) groups excluding carboxylic acids is 2. The van der Waals surface area contributed by atoms with E-state index in [2.05, 4.69) is 5.32 Å². The maximum atomic E-state index is 13.4. The van der Waals surface area contributed by atoms with Crippen LogP contribution in [0.25, 0.3) is 0 Å². The highest BCUT2D eigenvalue weighted by atomic mass is 16.5. The average Bonchev–Trinajstić information content (AvgIpc) is 3.32. The molecule has 2 aromatic carbocycles. The van der Waals surface area contributed by atoms with E-state index >= 15 is 0 Å². The number of furan rings is 1. The van der Waals surface area contributed by atoms with Gasteiger partial charge in [0.1, 0.15) is 18.1 Å². The maximum Gasteiger partial charge on any atom is 0.322 e. The van der Waals surface area contributed by atoms with Crippen molar-refractivity contribution in [2.24, 2.45) is 5.92 Å². The van der Waals surface area contributed by atoms with Gasteiger partial charge in [-0.3, -0.25) is 4.79 Å². The molecule has 0 fully saturated rings. The third-order valence-electron chi connectivity index (χ3n) is 5.04. The molecule has 0 aliphatic rings. The highest BCUT2D eigenvalue weighted by Crippen LogP contribution is 2.23. The molecule has 0 unspecified atom stereocenters. The van der Waals surface area contributed by atoms with E-state index in [4.69, 9.17) is 9.15 Å². The van der Waals surface area contributed by atoms with Crippen LogP contribution in [0.2, 0.25) is 0 Å². The van der Waals surface area contributed by atoms with Crippen LogP contribution in [-0.4, -0.2) is 41.9 Å². The zero-order chi connectivity index (χ0) is 23.6. The van der Waals surface area contributed by atoms with Crippen LogP contribution in [0.5, 0.6) is 5.75 Å². The van der Waals surface area contributed by atoms with Crippen LogP contribution in [0.15, 0.2) is 77.4 Å². The van der Waals surface area contributed by atoms with E-state index in [1.54, 1.807) is 41.4 Å².